The fraction of sp³-hybridized carbons (Fsp3) is 0.429. The van der Waals surface area contributed by atoms with Gasteiger partial charge in [-0.3, -0.25) is 9.59 Å². The number of aldehydes is 1. The lowest BCUT2D eigenvalue weighted by atomic mass is 10.2. The number of hydrogen-bond acceptors (Lipinski definition) is 3. The Hall–Kier alpha value is -1.10. The second-order valence-corrected chi connectivity index (χ2v) is 4.88. The molecular weight excluding hydrogens is 301 g/mol. The van der Waals surface area contributed by atoms with Gasteiger partial charge in [0, 0.05) is 12.5 Å². The van der Waals surface area contributed by atoms with E-state index in [9.17, 15) is 4.79 Å². The summed E-state index contributed by atoms with van der Waals surface area (Å²) in [4.78, 5) is 19.2. The van der Waals surface area contributed by atoms with Gasteiger partial charge in [0.2, 0.25) is 0 Å². The Kier molecular flexibility index (Phi) is 11.1. The van der Waals surface area contributed by atoms with Crippen molar-refractivity contribution in [2.75, 3.05) is 13.1 Å². The standard InChI is InChI=1S/C7H4Cl2O.C5H11N.C2H4O2/c8-6-3-1-2-5(4-10)7(6)9;1-2-4-6-5-3-1;1-2(3)4/h1-4H;6H,1-5H2;1H3,(H,3,4). The Bertz CT molecular complexity index is 405. The van der Waals surface area contributed by atoms with Crippen LogP contribution in [0.4, 0.5) is 0 Å². The number of piperidine rings is 1. The lowest BCUT2D eigenvalue weighted by Crippen LogP contribution is -2.21. The number of halogens is 2. The minimum absolute atomic E-state index is 0.319. The summed E-state index contributed by atoms with van der Waals surface area (Å²) in [7, 11) is 0. The zero-order valence-electron chi connectivity index (χ0n) is 11.4. The number of benzene rings is 1. The van der Waals surface area contributed by atoms with Gasteiger partial charge in [-0.05, 0) is 32.0 Å². The van der Waals surface area contributed by atoms with Crippen molar-refractivity contribution in [2.45, 2.75) is 26.2 Å². The van der Waals surface area contributed by atoms with Gasteiger partial charge in [-0.15, -0.1) is 0 Å². The molecule has 0 spiro atoms. The van der Waals surface area contributed by atoms with Crippen molar-refractivity contribution >= 4 is 35.5 Å². The van der Waals surface area contributed by atoms with Crippen molar-refractivity contribution in [1.29, 1.82) is 0 Å². The van der Waals surface area contributed by atoms with E-state index in [-0.39, 0.29) is 0 Å². The van der Waals surface area contributed by atoms with Crippen LogP contribution >= 0.6 is 23.2 Å². The molecule has 0 aromatic heterocycles. The molecule has 20 heavy (non-hydrogen) atoms. The van der Waals surface area contributed by atoms with E-state index in [1.54, 1.807) is 18.2 Å². The first-order chi connectivity index (χ1) is 9.49. The van der Waals surface area contributed by atoms with Crippen LogP contribution in [0, 0.1) is 0 Å². The van der Waals surface area contributed by atoms with Crippen LogP contribution in [0.1, 0.15) is 36.5 Å². The maximum Gasteiger partial charge on any atom is 0.300 e. The highest BCUT2D eigenvalue weighted by Crippen LogP contribution is 2.23. The monoisotopic (exact) mass is 319 g/mol. The molecule has 4 nitrogen and oxygen atoms in total. The van der Waals surface area contributed by atoms with E-state index in [0.717, 1.165) is 6.92 Å². The molecule has 0 saturated carbocycles. The smallest absolute Gasteiger partial charge is 0.300 e. The Morgan fingerprint density at radius 3 is 2.10 bits per heavy atom. The predicted octanol–water partition coefficient (Wildman–Crippen LogP) is 3.66. The quantitative estimate of drug-likeness (QED) is 0.775. The summed E-state index contributed by atoms with van der Waals surface area (Å²) in [6.07, 6.45) is 4.89. The lowest BCUT2D eigenvalue weighted by molar-refractivity contribution is -0.134. The summed E-state index contributed by atoms with van der Waals surface area (Å²) in [6, 6.07) is 4.93. The molecule has 1 saturated heterocycles. The average molecular weight is 320 g/mol. The van der Waals surface area contributed by atoms with Crippen LogP contribution in [0.15, 0.2) is 18.2 Å². The van der Waals surface area contributed by atoms with Gasteiger partial charge < -0.3 is 10.4 Å². The Balaban J connectivity index is 0.000000307. The minimum Gasteiger partial charge on any atom is -0.481 e. The van der Waals surface area contributed by atoms with Crippen molar-refractivity contribution in [3.05, 3.63) is 33.8 Å². The molecule has 0 amide bonds. The van der Waals surface area contributed by atoms with E-state index >= 15 is 0 Å². The molecule has 0 aliphatic carbocycles. The first-order valence-electron chi connectivity index (χ1n) is 6.28. The Morgan fingerprint density at radius 2 is 1.80 bits per heavy atom. The van der Waals surface area contributed by atoms with Crippen LogP contribution in [0.25, 0.3) is 0 Å². The highest BCUT2D eigenvalue weighted by atomic mass is 35.5. The van der Waals surface area contributed by atoms with Gasteiger partial charge in [-0.25, -0.2) is 0 Å². The Labute approximate surface area is 129 Å². The van der Waals surface area contributed by atoms with Gasteiger partial charge in [0.25, 0.3) is 5.97 Å². The van der Waals surface area contributed by atoms with Gasteiger partial charge in [0.05, 0.1) is 10.0 Å². The highest BCUT2D eigenvalue weighted by molar-refractivity contribution is 6.43. The summed E-state index contributed by atoms with van der Waals surface area (Å²) >= 11 is 11.2. The van der Waals surface area contributed by atoms with Crippen molar-refractivity contribution in [1.82, 2.24) is 5.32 Å². The molecule has 1 aromatic rings. The maximum atomic E-state index is 10.2. The molecule has 0 atom stereocenters. The van der Waals surface area contributed by atoms with E-state index in [1.165, 1.54) is 32.4 Å². The molecule has 0 radical (unpaired) electrons. The molecule has 112 valence electrons. The second kappa shape index (κ2) is 11.7. The van der Waals surface area contributed by atoms with E-state index in [2.05, 4.69) is 5.32 Å². The molecular formula is C14H19Cl2NO3. The molecule has 0 bridgehead atoms. The zero-order valence-corrected chi connectivity index (χ0v) is 12.9. The number of hydrogen-bond donors (Lipinski definition) is 2. The topological polar surface area (TPSA) is 66.4 Å². The van der Waals surface area contributed by atoms with Crippen molar-refractivity contribution in [2.24, 2.45) is 0 Å². The van der Waals surface area contributed by atoms with Crippen LogP contribution in [-0.2, 0) is 4.79 Å². The summed E-state index contributed by atoms with van der Waals surface area (Å²) in [6.45, 7) is 3.58. The van der Waals surface area contributed by atoms with Crippen LogP contribution < -0.4 is 5.32 Å². The largest absolute Gasteiger partial charge is 0.481 e. The van der Waals surface area contributed by atoms with Crippen LogP contribution in [0.2, 0.25) is 10.0 Å². The summed E-state index contributed by atoms with van der Waals surface area (Å²) in [5.41, 5.74) is 0.425. The predicted molar refractivity (Wildman–Crippen MR) is 81.9 cm³/mol. The third-order valence-electron chi connectivity index (χ3n) is 2.32. The zero-order chi connectivity index (χ0) is 15.4. The third kappa shape index (κ3) is 9.78. The van der Waals surface area contributed by atoms with Crippen molar-refractivity contribution in [3.63, 3.8) is 0 Å². The van der Waals surface area contributed by atoms with Crippen LogP contribution in [0.3, 0.4) is 0 Å². The third-order valence-corrected chi connectivity index (χ3v) is 3.15. The molecule has 1 fully saturated rings. The van der Waals surface area contributed by atoms with Crippen LogP contribution in [-0.4, -0.2) is 30.5 Å². The first kappa shape index (κ1) is 18.9. The number of carbonyl (C=O) groups is 2. The molecule has 2 rings (SSSR count). The summed E-state index contributed by atoms with van der Waals surface area (Å²) in [5, 5.41) is 11.4. The number of rotatable bonds is 1. The van der Waals surface area contributed by atoms with E-state index in [1.807, 2.05) is 0 Å². The SMILES string of the molecule is C1CCNCC1.CC(=O)O.O=Cc1cccc(Cl)c1Cl. The number of nitrogens with one attached hydrogen (secondary N) is 1. The summed E-state index contributed by atoms with van der Waals surface area (Å²) < 4.78 is 0. The van der Waals surface area contributed by atoms with Gasteiger partial charge in [-0.2, -0.15) is 0 Å². The average Bonchev–Trinajstić information content (AvgIpc) is 2.44. The second-order valence-electron chi connectivity index (χ2n) is 4.09. The van der Waals surface area contributed by atoms with E-state index in [4.69, 9.17) is 33.1 Å². The molecule has 0 unspecified atom stereocenters. The molecule has 1 heterocycles. The van der Waals surface area contributed by atoms with Crippen molar-refractivity contribution in [3.8, 4) is 0 Å². The van der Waals surface area contributed by atoms with Gasteiger partial charge in [-0.1, -0.05) is 41.8 Å². The summed E-state index contributed by atoms with van der Waals surface area (Å²) in [5.74, 6) is -0.833. The van der Waals surface area contributed by atoms with Gasteiger partial charge >= 0.3 is 0 Å². The highest BCUT2D eigenvalue weighted by Gasteiger charge is 2.00. The van der Waals surface area contributed by atoms with E-state index < -0.39 is 5.97 Å². The van der Waals surface area contributed by atoms with Gasteiger partial charge in [0.1, 0.15) is 0 Å². The van der Waals surface area contributed by atoms with E-state index in [0.29, 0.717) is 21.9 Å². The van der Waals surface area contributed by atoms with Crippen LogP contribution in [0.5, 0.6) is 0 Å². The Morgan fingerprint density at radius 1 is 1.25 bits per heavy atom. The molecule has 6 heteroatoms. The number of carbonyl (C=O) groups excluding carboxylic acids is 1. The van der Waals surface area contributed by atoms with Crippen molar-refractivity contribution < 1.29 is 14.7 Å². The maximum absolute atomic E-state index is 10.2. The molecule has 2 N–H and O–H groups in total. The van der Waals surface area contributed by atoms with Gasteiger partial charge in [0.15, 0.2) is 6.29 Å². The molecule has 1 aromatic carbocycles. The number of carboxylic acids is 1. The molecule has 1 aliphatic rings. The lowest BCUT2D eigenvalue weighted by Gasteiger charge is -2.08. The molecule has 1 aliphatic heterocycles. The minimum atomic E-state index is -0.833. The fourth-order valence-corrected chi connectivity index (χ4v) is 1.77. The number of carboxylic acid groups (broad SMARTS) is 1. The first-order valence-corrected chi connectivity index (χ1v) is 7.04. The number of aliphatic carboxylic acids is 1. The fourth-order valence-electron chi connectivity index (χ4n) is 1.41. The normalized spacial score (nSPS) is 13.2.